The minimum atomic E-state index is -0.793. The number of phenolic OH excluding ortho intramolecular Hbond substituents is 1. The molecule has 0 unspecified atom stereocenters. The first-order valence-corrected chi connectivity index (χ1v) is 7.04. The van der Waals surface area contributed by atoms with Gasteiger partial charge >= 0.3 is 0 Å². The van der Waals surface area contributed by atoms with Gasteiger partial charge in [0.1, 0.15) is 11.6 Å². The molecule has 0 aliphatic rings. The molecular formula is C17H20ClN3O3. The first-order valence-electron chi connectivity index (χ1n) is 7.04. The summed E-state index contributed by atoms with van der Waals surface area (Å²) in [4.78, 5) is 12.3. The SMILES string of the molecule is CO[C@H](C(=O)NCc1ccc(C(=N)N)cc1)c1cccc(O)c1.Cl. The predicted octanol–water partition coefficient (Wildman–Crippen LogP) is 2.10. The number of nitrogens with two attached hydrogens (primary N) is 1. The van der Waals surface area contributed by atoms with Crippen molar-refractivity contribution in [3.63, 3.8) is 0 Å². The second kappa shape index (κ2) is 8.90. The van der Waals surface area contributed by atoms with E-state index >= 15 is 0 Å². The van der Waals surface area contributed by atoms with Crippen LogP contribution in [-0.2, 0) is 16.1 Å². The van der Waals surface area contributed by atoms with Crippen LogP contribution in [0.25, 0.3) is 0 Å². The van der Waals surface area contributed by atoms with Crippen molar-refractivity contribution in [3.05, 3.63) is 65.2 Å². The summed E-state index contributed by atoms with van der Waals surface area (Å²) in [5, 5.41) is 19.6. The number of nitrogen functional groups attached to an aromatic ring is 1. The van der Waals surface area contributed by atoms with Crippen LogP contribution in [0.5, 0.6) is 5.75 Å². The van der Waals surface area contributed by atoms with Gasteiger partial charge in [-0.3, -0.25) is 10.2 Å². The molecule has 0 radical (unpaired) electrons. The number of carbonyl (C=O) groups is 1. The Morgan fingerprint density at radius 3 is 2.50 bits per heavy atom. The summed E-state index contributed by atoms with van der Waals surface area (Å²) in [5.41, 5.74) is 7.49. The van der Waals surface area contributed by atoms with E-state index in [4.69, 9.17) is 15.9 Å². The number of hydrogen-bond donors (Lipinski definition) is 4. The van der Waals surface area contributed by atoms with E-state index in [2.05, 4.69) is 5.32 Å². The molecule has 0 fully saturated rings. The number of carbonyl (C=O) groups excluding carboxylic acids is 1. The lowest BCUT2D eigenvalue weighted by molar-refractivity contribution is -0.131. The number of rotatable bonds is 6. The normalized spacial score (nSPS) is 11.2. The lowest BCUT2D eigenvalue weighted by Crippen LogP contribution is -2.30. The van der Waals surface area contributed by atoms with E-state index in [1.54, 1.807) is 36.4 Å². The molecule has 0 aliphatic heterocycles. The smallest absolute Gasteiger partial charge is 0.254 e. The molecule has 2 rings (SSSR count). The zero-order valence-corrected chi connectivity index (χ0v) is 14.0. The summed E-state index contributed by atoms with van der Waals surface area (Å²) < 4.78 is 5.22. The quantitative estimate of drug-likeness (QED) is 0.473. The van der Waals surface area contributed by atoms with E-state index in [0.717, 1.165) is 5.56 Å². The number of hydrogen-bond acceptors (Lipinski definition) is 4. The van der Waals surface area contributed by atoms with Gasteiger partial charge in [0.25, 0.3) is 5.91 Å². The van der Waals surface area contributed by atoms with Crippen LogP contribution >= 0.6 is 12.4 Å². The highest BCUT2D eigenvalue weighted by Crippen LogP contribution is 2.21. The summed E-state index contributed by atoms with van der Waals surface area (Å²) in [7, 11) is 1.44. The van der Waals surface area contributed by atoms with Gasteiger partial charge in [-0.1, -0.05) is 36.4 Å². The molecule has 2 aromatic rings. The van der Waals surface area contributed by atoms with Crippen LogP contribution in [0.2, 0.25) is 0 Å². The van der Waals surface area contributed by atoms with Gasteiger partial charge < -0.3 is 20.9 Å². The zero-order valence-electron chi connectivity index (χ0n) is 13.2. The van der Waals surface area contributed by atoms with Crippen LogP contribution in [0.1, 0.15) is 22.8 Å². The fraction of sp³-hybridized carbons (Fsp3) is 0.176. The van der Waals surface area contributed by atoms with Gasteiger partial charge in [0.15, 0.2) is 6.10 Å². The highest BCUT2D eigenvalue weighted by atomic mass is 35.5. The zero-order chi connectivity index (χ0) is 16.8. The summed E-state index contributed by atoms with van der Waals surface area (Å²) in [5.74, 6) is -0.213. The van der Waals surface area contributed by atoms with Gasteiger partial charge in [0.05, 0.1) is 0 Å². The standard InChI is InChI=1S/C17H19N3O3.ClH/c1-23-15(13-3-2-4-14(21)9-13)17(22)20-10-11-5-7-12(8-6-11)16(18)19;/h2-9,15,21H,10H2,1H3,(H3,18,19)(H,20,22);1H/t15-;/m0./s1. The largest absolute Gasteiger partial charge is 0.508 e. The van der Waals surface area contributed by atoms with Crippen molar-refractivity contribution < 1.29 is 14.6 Å². The van der Waals surface area contributed by atoms with Crippen molar-refractivity contribution in [2.75, 3.05) is 7.11 Å². The minimum Gasteiger partial charge on any atom is -0.508 e. The van der Waals surface area contributed by atoms with E-state index in [9.17, 15) is 9.90 Å². The Bertz CT molecular complexity index is 704. The highest BCUT2D eigenvalue weighted by Gasteiger charge is 2.20. The van der Waals surface area contributed by atoms with Crippen molar-refractivity contribution in [1.29, 1.82) is 5.41 Å². The molecule has 0 heterocycles. The van der Waals surface area contributed by atoms with Gasteiger partial charge in [-0.15, -0.1) is 12.4 Å². The van der Waals surface area contributed by atoms with Gasteiger partial charge in [0.2, 0.25) is 0 Å². The Morgan fingerprint density at radius 1 is 1.29 bits per heavy atom. The third kappa shape index (κ3) is 4.97. The van der Waals surface area contributed by atoms with Crippen LogP contribution < -0.4 is 11.1 Å². The second-order valence-corrected chi connectivity index (χ2v) is 5.04. The van der Waals surface area contributed by atoms with Crippen molar-refractivity contribution in [1.82, 2.24) is 5.32 Å². The summed E-state index contributed by atoms with van der Waals surface area (Å²) in [6.07, 6.45) is -0.793. The maximum Gasteiger partial charge on any atom is 0.254 e. The van der Waals surface area contributed by atoms with E-state index in [1.165, 1.54) is 19.2 Å². The highest BCUT2D eigenvalue weighted by molar-refractivity contribution is 5.94. The third-order valence-electron chi connectivity index (χ3n) is 3.38. The van der Waals surface area contributed by atoms with E-state index < -0.39 is 6.10 Å². The molecule has 0 aliphatic carbocycles. The van der Waals surface area contributed by atoms with E-state index in [1.807, 2.05) is 0 Å². The van der Waals surface area contributed by atoms with Gasteiger partial charge in [-0.2, -0.15) is 0 Å². The van der Waals surface area contributed by atoms with Crippen molar-refractivity contribution in [2.45, 2.75) is 12.6 Å². The number of methoxy groups -OCH3 is 1. The maximum atomic E-state index is 12.3. The molecule has 24 heavy (non-hydrogen) atoms. The molecule has 0 bridgehead atoms. The molecule has 1 atom stereocenters. The van der Waals surface area contributed by atoms with Crippen LogP contribution in [0.3, 0.4) is 0 Å². The Balaban J connectivity index is 0.00000288. The molecule has 0 saturated carbocycles. The summed E-state index contributed by atoms with van der Waals surface area (Å²) in [6.45, 7) is 0.329. The van der Waals surface area contributed by atoms with E-state index in [-0.39, 0.29) is 29.9 Å². The topological polar surface area (TPSA) is 108 Å². The molecular weight excluding hydrogens is 330 g/mol. The average Bonchev–Trinajstić information content (AvgIpc) is 2.54. The minimum absolute atomic E-state index is 0. The predicted molar refractivity (Wildman–Crippen MR) is 94.4 cm³/mol. The average molecular weight is 350 g/mol. The summed E-state index contributed by atoms with van der Waals surface area (Å²) in [6, 6.07) is 13.5. The number of amidine groups is 1. The van der Waals surface area contributed by atoms with Gasteiger partial charge in [-0.25, -0.2) is 0 Å². The Morgan fingerprint density at radius 2 is 1.96 bits per heavy atom. The molecule has 128 valence electrons. The number of phenols is 1. The first kappa shape index (κ1) is 19.5. The molecule has 0 spiro atoms. The lowest BCUT2D eigenvalue weighted by atomic mass is 10.1. The van der Waals surface area contributed by atoms with Crippen molar-refractivity contribution in [3.8, 4) is 5.75 Å². The Labute approximate surface area is 146 Å². The van der Waals surface area contributed by atoms with Crippen molar-refractivity contribution >= 4 is 24.1 Å². The monoisotopic (exact) mass is 349 g/mol. The second-order valence-electron chi connectivity index (χ2n) is 5.04. The van der Waals surface area contributed by atoms with Crippen LogP contribution in [0.15, 0.2) is 48.5 Å². The van der Waals surface area contributed by atoms with Crippen LogP contribution in [0, 0.1) is 5.41 Å². The van der Waals surface area contributed by atoms with Crippen molar-refractivity contribution in [2.24, 2.45) is 5.73 Å². The lowest BCUT2D eigenvalue weighted by Gasteiger charge is -2.16. The summed E-state index contributed by atoms with van der Waals surface area (Å²) >= 11 is 0. The molecule has 6 nitrogen and oxygen atoms in total. The fourth-order valence-electron chi connectivity index (χ4n) is 2.17. The first-order chi connectivity index (χ1) is 11.0. The fourth-order valence-corrected chi connectivity index (χ4v) is 2.17. The van der Waals surface area contributed by atoms with E-state index in [0.29, 0.717) is 17.7 Å². The molecule has 0 saturated heterocycles. The maximum absolute atomic E-state index is 12.3. The van der Waals surface area contributed by atoms with Crippen LogP contribution in [0.4, 0.5) is 0 Å². The number of amides is 1. The number of aromatic hydroxyl groups is 1. The third-order valence-corrected chi connectivity index (χ3v) is 3.38. The number of ether oxygens (including phenoxy) is 1. The number of benzene rings is 2. The molecule has 7 heteroatoms. The molecule has 0 aromatic heterocycles. The Kier molecular flexibility index (Phi) is 7.23. The van der Waals surface area contributed by atoms with Gasteiger partial charge in [0, 0.05) is 19.2 Å². The molecule has 5 N–H and O–H groups in total. The van der Waals surface area contributed by atoms with Gasteiger partial charge in [-0.05, 0) is 23.3 Å². The Hall–Kier alpha value is -2.57. The van der Waals surface area contributed by atoms with Crippen LogP contribution in [-0.4, -0.2) is 24.0 Å². The number of halogens is 1. The molecule has 2 aromatic carbocycles. The molecule has 1 amide bonds. The number of nitrogens with one attached hydrogen (secondary N) is 2.